The lowest BCUT2D eigenvalue weighted by Gasteiger charge is -2.32. The number of halogens is 1. The van der Waals surface area contributed by atoms with E-state index in [9.17, 15) is 4.79 Å². The maximum absolute atomic E-state index is 12.8. The first-order valence-electron chi connectivity index (χ1n) is 13.2. The second-order valence-electron chi connectivity index (χ2n) is 9.96. The number of ether oxygens (including phenoxy) is 2. The van der Waals surface area contributed by atoms with Crippen molar-refractivity contribution in [2.75, 3.05) is 31.4 Å². The number of carbonyl (C=O) groups is 1. The summed E-state index contributed by atoms with van der Waals surface area (Å²) in [5.41, 5.74) is 1.80. The zero-order valence-corrected chi connectivity index (χ0v) is 25.1. The average Bonchev–Trinajstić information content (AvgIpc) is 3.39. The van der Waals surface area contributed by atoms with E-state index in [0.29, 0.717) is 36.2 Å². The van der Waals surface area contributed by atoms with Gasteiger partial charge in [0, 0.05) is 47.8 Å². The summed E-state index contributed by atoms with van der Waals surface area (Å²) in [6.45, 7) is 5.13. The van der Waals surface area contributed by atoms with Crippen molar-refractivity contribution in [3.63, 3.8) is 0 Å². The molecule has 10 nitrogen and oxygen atoms in total. The maximum Gasteiger partial charge on any atom is 0.254 e. The second-order valence-corrected chi connectivity index (χ2v) is 10.9. The van der Waals surface area contributed by atoms with Gasteiger partial charge in [-0.05, 0) is 43.7 Å². The summed E-state index contributed by atoms with van der Waals surface area (Å²) in [6.07, 6.45) is 6.13. The van der Waals surface area contributed by atoms with E-state index in [1.807, 2.05) is 36.4 Å². The number of anilines is 2. The fourth-order valence-corrected chi connectivity index (χ4v) is 4.76. The van der Waals surface area contributed by atoms with Gasteiger partial charge < -0.3 is 25.4 Å². The van der Waals surface area contributed by atoms with E-state index >= 15 is 0 Å². The molecule has 4 rings (SSSR count). The summed E-state index contributed by atoms with van der Waals surface area (Å²) in [5, 5.41) is 15.1. The van der Waals surface area contributed by atoms with Crippen LogP contribution in [0.2, 0.25) is 0 Å². The Bertz CT molecular complexity index is 1480. The lowest BCUT2D eigenvalue weighted by Crippen LogP contribution is -2.46. The minimum absolute atomic E-state index is 0.162. The predicted molar refractivity (Wildman–Crippen MR) is 161 cm³/mol. The largest absolute Gasteiger partial charge is 0.497 e. The van der Waals surface area contributed by atoms with E-state index in [1.54, 1.807) is 38.3 Å². The SMILES string of the molecule is CCCCC(C)(CNC(=O)c1cnn(C)c1)Nc1nc(NCc2ccc(OC)cc2OC)nc2cc(Br)ccc12. The van der Waals surface area contributed by atoms with E-state index in [2.05, 4.69) is 50.8 Å². The van der Waals surface area contributed by atoms with Crippen molar-refractivity contribution in [2.45, 2.75) is 45.2 Å². The van der Waals surface area contributed by atoms with Crippen LogP contribution >= 0.6 is 15.9 Å². The van der Waals surface area contributed by atoms with Crippen molar-refractivity contribution in [3.8, 4) is 11.5 Å². The Morgan fingerprint density at radius 3 is 2.65 bits per heavy atom. The molecule has 2 aromatic carbocycles. The Kier molecular flexibility index (Phi) is 9.46. The molecular formula is C29H36BrN7O3. The molecule has 0 aliphatic carbocycles. The first-order chi connectivity index (χ1) is 19.2. The van der Waals surface area contributed by atoms with Gasteiger partial charge in [-0.1, -0.05) is 35.7 Å². The molecular weight excluding hydrogens is 574 g/mol. The third-order valence-corrected chi connectivity index (χ3v) is 7.19. The molecule has 0 saturated carbocycles. The van der Waals surface area contributed by atoms with Crippen LogP contribution in [0.1, 0.15) is 49.0 Å². The lowest BCUT2D eigenvalue weighted by atomic mass is 9.94. The van der Waals surface area contributed by atoms with E-state index in [1.165, 1.54) is 0 Å². The number of unbranched alkanes of at least 4 members (excludes halogenated alkanes) is 1. The van der Waals surface area contributed by atoms with Crippen LogP contribution in [0.5, 0.6) is 11.5 Å². The van der Waals surface area contributed by atoms with Gasteiger partial charge in [0.15, 0.2) is 0 Å². The molecule has 40 heavy (non-hydrogen) atoms. The molecule has 0 spiro atoms. The molecule has 0 aliphatic heterocycles. The minimum Gasteiger partial charge on any atom is -0.497 e. The Hall–Kier alpha value is -3.86. The molecule has 1 amide bonds. The number of fused-ring (bicyclic) bond motifs is 1. The first-order valence-corrected chi connectivity index (χ1v) is 14.0. The second kappa shape index (κ2) is 13.0. The number of methoxy groups -OCH3 is 2. The third kappa shape index (κ3) is 7.20. The van der Waals surface area contributed by atoms with Crippen LogP contribution in [0.3, 0.4) is 0 Å². The smallest absolute Gasteiger partial charge is 0.254 e. The maximum atomic E-state index is 12.8. The highest BCUT2D eigenvalue weighted by Gasteiger charge is 2.27. The summed E-state index contributed by atoms with van der Waals surface area (Å²) < 4.78 is 13.4. The van der Waals surface area contributed by atoms with Gasteiger partial charge in [0.05, 0.1) is 37.0 Å². The van der Waals surface area contributed by atoms with Gasteiger partial charge in [-0.3, -0.25) is 9.48 Å². The molecule has 4 aromatic rings. The Morgan fingerprint density at radius 2 is 1.95 bits per heavy atom. The minimum atomic E-state index is -0.460. The normalized spacial score (nSPS) is 12.6. The average molecular weight is 611 g/mol. The summed E-state index contributed by atoms with van der Waals surface area (Å²) >= 11 is 3.57. The zero-order chi connectivity index (χ0) is 28.7. The Morgan fingerprint density at radius 1 is 1.12 bits per heavy atom. The molecule has 0 fully saturated rings. The molecule has 2 heterocycles. The number of amides is 1. The van der Waals surface area contributed by atoms with Crippen LogP contribution < -0.4 is 25.4 Å². The molecule has 0 saturated heterocycles. The highest BCUT2D eigenvalue weighted by molar-refractivity contribution is 9.10. The van der Waals surface area contributed by atoms with E-state index < -0.39 is 5.54 Å². The van der Waals surface area contributed by atoms with Crippen molar-refractivity contribution in [1.29, 1.82) is 0 Å². The van der Waals surface area contributed by atoms with Crippen molar-refractivity contribution in [3.05, 3.63) is 64.4 Å². The number of aromatic nitrogens is 4. The number of hydrogen-bond donors (Lipinski definition) is 3. The molecule has 0 radical (unpaired) electrons. The molecule has 1 atom stereocenters. The molecule has 1 unspecified atom stereocenters. The molecule has 11 heteroatoms. The molecule has 3 N–H and O–H groups in total. The quantitative estimate of drug-likeness (QED) is 0.181. The number of hydrogen-bond acceptors (Lipinski definition) is 8. The third-order valence-electron chi connectivity index (χ3n) is 6.70. The van der Waals surface area contributed by atoms with Gasteiger partial charge in [-0.15, -0.1) is 0 Å². The fraction of sp³-hybridized carbons (Fsp3) is 0.379. The van der Waals surface area contributed by atoms with Crippen LogP contribution in [0.25, 0.3) is 10.9 Å². The van der Waals surface area contributed by atoms with Gasteiger partial charge in [0.1, 0.15) is 17.3 Å². The highest BCUT2D eigenvalue weighted by Crippen LogP contribution is 2.30. The highest BCUT2D eigenvalue weighted by atomic mass is 79.9. The van der Waals surface area contributed by atoms with Gasteiger partial charge >= 0.3 is 0 Å². The molecule has 2 aromatic heterocycles. The van der Waals surface area contributed by atoms with Crippen molar-refractivity contribution in [1.82, 2.24) is 25.1 Å². The van der Waals surface area contributed by atoms with Crippen molar-refractivity contribution < 1.29 is 14.3 Å². The summed E-state index contributed by atoms with van der Waals surface area (Å²) in [6, 6.07) is 11.6. The summed E-state index contributed by atoms with van der Waals surface area (Å²) in [5.74, 6) is 2.44. The van der Waals surface area contributed by atoms with Gasteiger partial charge in [0.25, 0.3) is 5.91 Å². The standard InChI is InChI=1S/C29H36BrN7O3/c1-6-7-12-29(2,18-32-27(38)20-16-33-37(3)17-20)36-26-23-11-9-21(30)13-24(23)34-28(35-26)31-15-19-8-10-22(39-4)14-25(19)40-5/h8-11,13-14,16-17H,6-7,12,15,18H2,1-5H3,(H,32,38)(H2,31,34,35,36). The van der Waals surface area contributed by atoms with Gasteiger partial charge in [-0.25, -0.2) is 4.98 Å². The van der Waals surface area contributed by atoms with Crippen LogP contribution in [-0.4, -0.2) is 52.0 Å². The Balaban J connectivity index is 1.61. The van der Waals surface area contributed by atoms with Gasteiger partial charge in [-0.2, -0.15) is 10.1 Å². The zero-order valence-electron chi connectivity index (χ0n) is 23.5. The van der Waals surface area contributed by atoms with Crippen LogP contribution in [0.15, 0.2) is 53.3 Å². The van der Waals surface area contributed by atoms with E-state index in [-0.39, 0.29) is 5.91 Å². The summed E-state index contributed by atoms with van der Waals surface area (Å²) in [4.78, 5) is 22.4. The first kappa shape index (κ1) is 29.1. The number of carbonyl (C=O) groups excluding carboxylic acids is 1. The number of nitrogens with one attached hydrogen (secondary N) is 3. The number of aryl methyl sites for hydroxylation is 1. The van der Waals surface area contributed by atoms with Gasteiger partial charge in [0.2, 0.25) is 5.95 Å². The number of rotatable bonds is 13. The molecule has 0 aliphatic rings. The van der Waals surface area contributed by atoms with Crippen molar-refractivity contribution >= 4 is 44.5 Å². The molecule has 212 valence electrons. The van der Waals surface area contributed by atoms with E-state index in [4.69, 9.17) is 19.4 Å². The summed E-state index contributed by atoms with van der Waals surface area (Å²) in [7, 11) is 5.05. The monoisotopic (exact) mass is 609 g/mol. The molecule has 0 bridgehead atoms. The predicted octanol–water partition coefficient (Wildman–Crippen LogP) is 5.55. The Labute approximate surface area is 243 Å². The fourth-order valence-electron chi connectivity index (χ4n) is 4.41. The van der Waals surface area contributed by atoms with Crippen LogP contribution in [0, 0.1) is 0 Å². The van der Waals surface area contributed by atoms with Crippen molar-refractivity contribution in [2.24, 2.45) is 7.05 Å². The number of nitrogens with zero attached hydrogens (tertiary/aromatic N) is 4. The van der Waals surface area contributed by atoms with E-state index in [0.717, 1.165) is 46.0 Å². The van der Waals surface area contributed by atoms with Crippen LogP contribution in [-0.2, 0) is 13.6 Å². The van der Waals surface area contributed by atoms with Crippen LogP contribution in [0.4, 0.5) is 11.8 Å². The number of benzene rings is 2. The topological polar surface area (TPSA) is 115 Å². The lowest BCUT2D eigenvalue weighted by molar-refractivity contribution is 0.0945.